The molecule has 0 unspecified atom stereocenters. The third-order valence-corrected chi connectivity index (χ3v) is 4.91. The van der Waals surface area contributed by atoms with E-state index in [1.807, 2.05) is 18.2 Å². The summed E-state index contributed by atoms with van der Waals surface area (Å²) < 4.78 is 10.4. The van der Waals surface area contributed by atoms with Crippen molar-refractivity contribution in [1.29, 1.82) is 0 Å². The number of aliphatic hydroxyl groups is 1. The molecule has 1 aromatic carbocycles. The fraction of sp³-hybridized carbons (Fsp3) is 0.682. The molecule has 6 heteroatoms. The average Bonchev–Trinajstić information content (AvgIpc) is 3.23. The molecule has 0 radical (unpaired) electrons. The predicted molar refractivity (Wildman–Crippen MR) is 114 cm³/mol. The Bertz CT molecular complexity index is 527. The number of rotatable bonds is 6. The Balaban J connectivity index is 0.000000492. The highest BCUT2D eigenvalue weighted by Crippen LogP contribution is 2.21. The van der Waals surface area contributed by atoms with Crippen LogP contribution in [0.15, 0.2) is 30.3 Å². The van der Waals surface area contributed by atoms with Crippen LogP contribution in [0.3, 0.4) is 0 Å². The molecule has 0 heterocycles. The second-order valence-electron chi connectivity index (χ2n) is 7.04. The minimum absolute atomic E-state index is 0. The molecule has 4 atom stereocenters. The van der Waals surface area contributed by atoms with Crippen LogP contribution >= 0.6 is 0 Å². The van der Waals surface area contributed by atoms with E-state index in [0.29, 0.717) is 6.61 Å². The van der Waals surface area contributed by atoms with E-state index in [-0.39, 0.29) is 51.7 Å². The van der Waals surface area contributed by atoms with E-state index in [2.05, 4.69) is 22.2 Å². The SMILES string of the molecule is C.C.COCC(=O)N[C@@H]1CCC[C@H]1O.N[C@H]1CCC[C@@H]1OCc1ccccc1. The number of carbonyl (C=O) groups excluding carboxylic acids is 1. The van der Waals surface area contributed by atoms with E-state index < -0.39 is 0 Å². The van der Waals surface area contributed by atoms with Gasteiger partial charge >= 0.3 is 0 Å². The Hall–Kier alpha value is -1.47. The first-order chi connectivity index (χ1) is 12.6. The predicted octanol–water partition coefficient (Wildman–Crippen LogP) is 3.02. The zero-order valence-corrected chi connectivity index (χ0v) is 15.6. The zero-order chi connectivity index (χ0) is 18.8. The van der Waals surface area contributed by atoms with Crippen molar-refractivity contribution < 1.29 is 19.4 Å². The van der Waals surface area contributed by atoms with Gasteiger partial charge in [-0.3, -0.25) is 4.79 Å². The van der Waals surface area contributed by atoms with E-state index in [9.17, 15) is 9.90 Å². The van der Waals surface area contributed by atoms with Crippen LogP contribution < -0.4 is 11.1 Å². The number of nitrogens with one attached hydrogen (secondary N) is 1. The minimum atomic E-state index is -0.370. The number of hydrogen-bond donors (Lipinski definition) is 3. The molecule has 1 aromatic rings. The van der Waals surface area contributed by atoms with Gasteiger partial charge in [0.25, 0.3) is 0 Å². The number of nitrogens with two attached hydrogens (primary N) is 1. The van der Waals surface area contributed by atoms with E-state index in [1.165, 1.54) is 19.1 Å². The first kappa shape index (κ1) is 26.5. The van der Waals surface area contributed by atoms with Gasteiger partial charge in [0.05, 0.1) is 24.9 Å². The standard InChI is InChI=1S/C12H17NO.C8H15NO3.2CH4/c13-11-7-4-8-12(11)14-9-10-5-2-1-3-6-10;1-12-5-8(11)9-6-3-2-4-7(6)10;;/h1-3,5-6,11-12H,4,7-9,13H2;6-7,10H,2-5H2,1H3,(H,9,11);2*1H4/t11-,12-;6-,7-;;/m01../s1. The summed E-state index contributed by atoms with van der Waals surface area (Å²) in [6.07, 6.45) is 5.99. The molecule has 4 N–H and O–H groups in total. The molecule has 2 fully saturated rings. The Morgan fingerprint density at radius 2 is 1.82 bits per heavy atom. The lowest BCUT2D eigenvalue weighted by molar-refractivity contribution is -0.126. The topological polar surface area (TPSA) is 93.8 Å². The summed E-state index contributed by atoms with van der Waals surface area (Å²) in [6, 6.07) is 10.4. The van der Waals surface area contributed by atoms with Crippen LogP contribution in [-0.4, -0.2) is 49.0 Å². The molecule has 2 aliphatic rings. The molecule has 0 aliphatic heterocycles. The van der Waals surface area contributed by atoms with Crippen molar-refractivity contribution in [3.63, 3.8) is 0 Å². The summed E-state index contributed by atoms with van der Waals surface area (Å²) >= 11 is 0. The summed E-state index contributed by atoms with van der Waals surface area (Å²) in [5.74, 6) is -0.150. The van der Waals surface area contributed by atoms with Gasteiger partial charge in [0.2, 0.25) is 5.91 Å². The van der Waals surface area contributed by atoms with Crippen LogP contribution in [-0.2, 0) is 20.9 Å². The maximum absolute atomic E-state index is 11.0. The van der Waals surface area contributed by atoms with Gasteiger partial charge in [-0.1, -0.05) is 45.2 Å². The van der Waals surface area contributed by atoms with Crippen LogP contribution in [0.1, 0.15) is 58.9 Å². The van der Waals surface area contributed by atoms with E-state index in [0.717, 1.165) is 32.1 Å². The first-order valence-corrected chi connectivity index (χ1v) is 9.47. The van der Waals surface area contributed by atoms with E-state index in [1.54, 1.807) is 0 Å². The highest BCUT2D eigenvalue weighted by atomic mass is 16.5. The van der Waals surface area contributed by atoms with Crippen molar-refractivity contribution in [1.82, 2.24) is 5.32 Å². The van der Waals surface area contributed by atoms with Gasteiger partial charge in [-0.15, -0.1) is 0 Å². The zero-order valence-electron chi connectivity index (χ0n) is 15.6. The molecule has 0 bridgehead atoms. The van der Waals surface area contributed by atoms with Gasteiger partial charge < -0.3 is 25.6 Å². The number of benzene rings is 1. The minimum Gasteiger partial charge on any atom is -0.391 e. The van der Waals surface area contributed by atoms with Gasteiger partial charge in [0, 0.05) is 13.2 Å². The van der Waals surface area contributed by atoms with Crippen LogP contribution in [0.2, 0.25) is 0 Å². The number of amides is 1. The third kappa shape index (κ3) is 9.15. The quantitative estimate of drug-likeness (QED) is 0.687. The monoisotopic (exact) mass is 396 g/mol. The summed E-state index contributed by atoms with van der Waals surface area (Å²) in [5.41, 5.74) is 7.15. The second kappa shape index (κ2) is 14.5. The van der Waals surface area contributed by atoms with Gasteiger partial charge in [-0.2, -0.15) is 0 Å². The fourth-order valence-corrected chi connectivity index (χ4v) is 3.43. The van der Waals surface area contributed by atoms with Crippen molar-refractivity contribution in [2.24, 2.45) is 5.73 Å². The molecule has 2 saturated carbocycles. The molecule has 1 amide bonds. The number of hydrogen-bond acceptors (Lipinski definition) is 5. The Morgan fingerprint density at radius 1 is 1.14 bits per heavy atom. The van der Waals surface area contributed by atoms with Crippen molar-refractivity contribution in [2.75, 3.05) is 13.7 Å². The summed E-state index contributed by atoms with van der Waals surface area (Å²) in [4.78, 5) is 11.0. The van der Waals surface area contributed by atoms with Crippen molar-refractivity contribution in [3.05, 3.63) is 35.9 Å². The van der Waals surface area contributed by atoms with E-state index >= 15 is 0 Å². The average molecular weight is 397 g/mol. The first-order valence-electron chi connectivity index (χ1n) is 9.47. The summed E-state index contributed by atoms with van der Waals surface area (Å²) in [5, 5.41) is 12.1. The molecule has 0 spiro atoms. The van der Waals surface area contributed by atoms with Gasteiger partial charge in [0.1, 0.15) is 6.61 Å². The van der Waals surface area contributed by atoms with Crippen LogP contribution in [0.5, 0.6) is 0 Å². The Labute approximate surface area is 170 Å². The Kier molecular flexibility index (Phi) is 13.8. The second-order valence-corrected chi connectivity index (χ2v) is 7.04. The maximum atomic E-state index is 11.0. The molecular formula is C22H40N2O4. The summed E-state index contributed by atoms with van der Waals surface area (Å²) in [7, 11) is 1.48. The number of carbonyl (C=O) groups is 1. The lowest BCUT2D eigenvalue weighted by atomic mass is 10.2. The molecule has 162 valence electrons. The highest BCUT2D eigenvalue weighted by Gasteiger charge is 2.26. The number of methoxy groups -OCH3 is 1. The molecule has 0 aromatic heterocycles. The fourth-order valence-electron chi connectivity index (χ4n) is 3.43. The highest BCUT2D eigenvalue weighted by molar-refractivity contribution is 5.77. The van der Waals surface area contributed by atoms with Gasteiger partial charge in [-0.25, -0.2) is 0 Å². The number of ether oxygens (including phenoxy) is 2. The maximum Gasteiger partial charge on any atom is 0.246 e. The van der Waals surface area contributed by atoms with Crippen LogP contribution in [0.25, 0.3) is 0 Å². The molecule has 6 nitrogen and oxygen atoms in total. The molecular weight excluding hydrogens is 356 g/mol. The normalized spacial score (nSPS) is 25.7. The molecule has 3 rings (SSSR count). The van der Waals surface area contributed by atoms with E-state index in [4.69, 9.17) is 10.5 Å². The van der Waals surface area contributed by atoms with Crippen molar-refractivity contribution >= 4 is 5.91 Å². The van der Waals surface area contributed by atoms with Crippen LogP contribution in [0.4, 0.5) is 0 Å². The smallest absolute Gasteiger partial charge is 0.246 e. The van der Waals surface area contributed by atoms with Gasteiger partial charge in [-0.05, 0) is 44.1 Å². The Morgan fingerprint density at radius 3 is 2.36 bits per heavy atom. The summed E-state index contributed by atoms with van der Waals surface area (Å²) in [6.45, 7) is 0.766. The van der Waals surface area contributed by atoms with Crippen molar-refractivity contribution in [3.8, 4) is 0 Å². The van der Waals surface area contributed by atoms with Crippen molar-refractivity contribution in [2.45, 2.75) is 84.3 Å². The van der Waals surface area contributed by atoms with Crippen LogP contribution in [0, 0.1) is 0 Å². The lowest BCUT2D eigenvalue weighted by Crippen LogP contribution is -2.41. The molecule has 28 heavy (non-hydrogen) atoms. The molecule has 2 aliphatic carbocycles. The lowest BCUT2D eigenvalue weighted by Gasteiger charge is -2.16. The largest absolute Gasteiger partial charge is 0.391 e. The van der Waals surface area contributed by atoms with Gasteiger partial charge in [0.15, 0.2) is 0 Å². The molecule has 0 saturated heterocycles. The third-order valence-electron chi connectivity index (χ3n) is 4.91. The number of aliphatic hydroxyl groups excluding tert-OH is 1.